The van der Waals surface area contributed by atoms with Gasteiger partial charge in [-0.15, -0.1) is 0 Å². The molecule has 2 atom stereocenters. The van der Waals surface area contributed by atoms with Crippen molar-refractivity contribution in [2.45, 2.75) is 31.8 Å². The van der Waals surface area contributed by atoms with Crippen molar-refractivity contribution in [2.24, 2.45) is 11.0 Å². The minimum absolute atomic E-state index is 0.0627. The first-order valence-electron chi connectivity index (χ1n) is 7.93. The molecule has 0 aromatic heterocycles. The molecule has 0 aliphatic carbocycles. The third kappa shape index (κ3) is 2.15. The number of hydrogen-bond acceptors (Lipinski definition) is 5. The van der Waals surface area contributed by atoms with Crippen LogP contribution in [0.15, 0.2) is 29.4 Å². The Morgan fingerprint density at radius 1 is 1.22 bits per heavy atom. The van der Waals surface area contributed by atoms with Crippen LogP contribution in [0.5, 0.6) is 0 Å². The second-order valence-corrected chi connectivity index (χ2v) is 6.44. The van der Waals surface area contributed by atoms with Crippen molar-refractivity contribution in [1.29, 1.82) is 0 Å². The van der Waals surface area contributed by atoms with Crippen LogP contribution in [0.2, 0.25) is 0 Å². The number of carbonyl (C=O) groups excluding carboxylic acids is 1. The van der Waals surface area contributed by atoms with Gasteiger partial charge in [0.1, 0.15) is 6.04 Å². The number of carbonyl (C=O) groups is 1. The van der Waals surface area contributed by atoms with Crippen LogP contribution in [-0.4, -0.2) is 45.6 Å². The standard InChI is InChI=1S/C16H18N4O3/c1-10(21)19-15(12-2-4-13(5-3-12)20(22)23)16-14(17-19)11-6-8-18(16)9-7-11/h2-5,11,15-16H,6-9H2,1H3/t15-,16+/m1/s1. The number of nitro benzene ring substituents is 1. The molecule has 0 radical (unpaired) electrons. The second-order valence-electron chi connectivity index (χ2n) is 6.44. The average Bonchev–Trinajstić information content (AvgIpc) is 2.99. The van der Waals surface area contributed by atoms with Gasteiger partial charge in [-0.25, -0.2) is 5.01 Å². The van der Waals surface area contributed by atoms with E-state index in [0.717, 1.165) is 37.2 Å². The molecule has 0 unspecified atom stereocenters. The number of rotatable bonds is 2. The monoisotopic (exact) mass is 314 g/mol. The van der Waals surface area contributed by atoms with E-state index in [-0.39, 0.29) is 23.7 Å². The van der Waals surface area contributed by atoms with E-state index in [1.807, 2.05) is 0 Å². The number of fused-ring (bicyclic) bond motifs is 2. The number of nitrogens with zero attached hydrogens (tertiary/aromatic N) is 4. The summed E-state index contributed by atoms with van der Waals surface area (Å²) in [7, 11) is 0. The fraction of sp³-hybridized carbons (Fsp3) is 0.500. The van der Waals surface area contributed by atoms with Crippen LogP contribution in [0.25, 0.3) is 0 Å². The molecule has 120 valence electrons. The highest BCUT2D eigenvalue weighted by Gasteiger charge is 2.50. The SMILES string of the molecule is CC(=O)N1N=C2C3CCN(CC3)[C@@H]2[C@H]1c1ccc([N+](=O)[O-])cc1. The zero-order valence-corrected chi connectivity index (χ0v) is 12.9. The summed E-state index contributed by atoms with van der Waals surface area (Å²) in [4.78, 5) is 24.9. The summed E-state index contributed by atoms with van der Waals surface area (Å²) >= 11 is 0. The van der Waals surface area contributed by atoms with Crippen LogP contribution in [0.4, 0.5) is 5.69 Å². The van der Waals surface area contributed by atoms with Crippen LogP contribution in [-0.2, 0) is 4.79 Å². The van der Waals surface area contributed by atoms with E-state index in [4.69, 9.17) is 0 Å². The maximum absolute atomic E-state index is 12.1. The van der Waals surface area contributed by atoms with Gasteiger partial charge in [0.25, 0.3) is 5.69 Å². The molecule has 2 bridgehead atoms. The Kier molecular flexibility index (Phi) is 3.19. The van der Waals surface area contributed by atoms with Crippen molar-refractivity contribution in [3.63, 3.8) is 0 Å². The smallest absolute Gasteiger partial charge is 0.269 e. The van der Waals surface area contributed by atoms with Gasteiger partial charge in [0, 0.05) is 25.0 Å². The van der Waals surface area contributed by atoms with Crippen molar-refractivity contribution in [3.05, 3.63) is 39.9 Å². The Labute approximate surface area is 133 Å². The summed E-state index contributed by atoms with van der Waals surface area (Å²) in [6.45, 7) is 3.59. The van der Waals surface area contributed by atoms with Crippen LogP contribution in [0, 0.1) is 16.0 Å². The number of nitro groups is 1. The summed E-state index contributed by atoms with van der Waals surface area (Å²) in [6.07, 6.45) is 2.21. The summed E-state index contributed by atoms with van der Waals surface area (Å²) in [5.74, 6) is 0.380. The van der Waals surface area contributed by atoms with Gasteiger partial charge in [-0.3, -0.25) is 19.8 Å². The van der Waals surface area contributed by atoms with Gasteiger partial charge in [-0.2, -0.15) is 5.10 Å². The van der Waals surface area contributed by atoms with Crippen molar-refractivity contribution in [2.75, 3.05) is 13.1 Å². The third-order valence-electron chi connectivity index (χ3n) is 5.20. The molecule has 1 aromatic rings. The first-order valence-corrected chi connectivity index (χ1v) is 7.93. The highest BCUT2D eigenvalue weighted by Crippen LogP contribution is 2.43. The lowest BCUT2D eigenvalue weighted by atomic mass is 9.78. The minimum atomic E-state index is -0.408. The topological polar surface area (TPSA) is 79.0 Å². The molecule has 3 saturated heterocycles. The molecule has 0 N–H and O–H groups in total. The van der Waals surface area contributed by atoms with E-state index in [0.29, 0.717) is 5.92 Å². The molecule has 0 saturated carbocycles. The molecule has 1 aromatic carbocycles. The molecule has 4 aliphatic heterocycles. The molecule has 4 heterocycles. The highest BCUT2D eigenvalue weighted by atomic mass is 16.6. The van der Waals surface area contributed by atoms with Crippen LogP contribution in [0.1, 0.15) is 31.4 Å². The van der Waals surface area contributed by atoms with E-state index in [9.17, 15) is 14.9 Å². The lowest BCUT2D eigenvalue weighted by Gasteiger charge is -2.46. The molecular weight excluding hydrogens is 296 g/mol. The van der Waals surface area contributed by atoms with E-state index in [1.165, 1.54) is 19.1 Å². The summed E-state index contributed by atoms with van der Waals surface area (Å²) in [6, 6.07) is 6.45. The van der Waals surface area contributed by atoms with Gasteiger partial charge < -0.3 is 0 Å². The maximum atomic E-state index is 12.1. The number of amides is 1. The predicted molar refractivity (Wildman–Crippen MR) is 83.9 cm³/mol. The lowest BCUT2D eigenvalue weighted by molar-refractivity contribution is -0.384. The zero-order valence-electron chi connectivity index (χ0n) is 12.9. The van der Waals surface area contributed by atoms with E-state index in [2.05, 4.69) is 10.0 Å². The van der Waals surface area contributed by atoms with Crippen molar-refractivity contribution >= 4 is 17.3 Å². The quantitative estimate of drug-likeness (QED) is 0.617. The van der Waals surface area contributed by atoms with Crippen LogP contribution in [0.3, 0.4) is 0 Å². The summed E-state index contributed by atoms with van der Waals surface area (Å²) in [5, 5.41) is 17.0. The largest absolute Gasteiger partial charge is 0.293 e. The summed E-state index contributed by atoms with van der Waals surface area (Å²) < 4.78 is 0. The first kappa shape index (κ1) is 14.3. The summed E-state index contributed by atoms with van der Waals surface area (Å²) in [5.41, 5.74) is 2.08. The van der Waals surface area contributed by atoms with Gasteiger partial charge in [-0.1, -0.05) is 0 Å². The lowest BCUT2D eigenvalue weighted by Crippen LogP contribution is -2.56. The zero-order chi connectivity index (χ0) is 16.1. The van der Waals surface area contributed by atoms with E-state index in [1.54, 1.807) is 17.1 Å². The van der Waals surface area contributed by atoms with E-state index >= 15 is 0 Å². The molecule has 7 heteroatoms. The Morgan fingerprint density at radius 3 is 2.43 bits per heavy atom. The van der Waals surface area contributed by atoms with E-state index < -0.39 is 4.92 Å². The fourth-order valence-corrected chi connectivity index (χ4v) is 4.11. The Balaban J connectivity index is 1.73. The molecule has 3 fully saturated rings. The second kappa shape index (κ2) is 5.13. The molecule has 23 heavy (non-hydrogen) atoms. The number of hydrogen-bond donors (Lipinski definition) is 0. The molecule has 1 amide bonds. The van der Waals surface area contributed by atoms with Crippen molar-refractivity contribution in [1.82, 2.24) is 9.91 Å². The van der Waals surface area contributed by atoms with Gasteiger partial charge in [-0.05, 0) is 43.6 Å². The van der Waals surface area contributed by atoms with Crippen LogP contribution >= 0.6 is 0 Å². The van der Waals surface area contributed by atoms with Gasteiger partial charge in [0.2, 0.25) is 5.91 Å². The first-order chi connectivity index (χ1) is 11.1. The minimum Gasteiger partial charge on any atom is -0.293 e. The number of benzene rings is 1. The van der Waals surface area contributed by atoms with Crippen LogP contribution < -0.4 is 0 Å². The molecular formula is C16H18N4O3. The highest BCUT2D eigenvalue weighted by molar-refractivity contribution is 5.97. The average molecular weight is 314 g/mol. The Hall–Kier alpha value is -2.28. The van der Waals surface area contributed by atoms with Gasteiger partial charge >= 0.3 is 0 Å². The third-order valence-corrected chi connectivity index (χ3v) is 5.20. The Morgan fingerprint density at radius 2 is 1.87 bits per heavy atom. The molecule has 4 aliphatic rings. The molecule has 0 spiro atoms. The van der Waals surface area contributed by atoms with Gasteiger partial charge in [0.05, 0.1) is 16.7 Å². The number of piperidine rings is 3. The predicted octanol–water partition coefficient (Wildman–Crippen LogP) is 1.95. The van der Waals surface area contributed by atoms with Gasteiger partial charge in [0.15, 0.2) is 0 Å². The maximum Gasteiger partial charge on any atom is 0.269 e. The Bertz CT molecular complexity index is 692. The van der Waals surface area contributed by atoms with Crippen molar-refractivity contribution < 1.29 is 9.72 Å². The molecule has 5 rings (SSSR count). The normalized spacial score (nSPS) is 31.7. The molecule has 7 nitrogen and oxygen atoms in total. The number of hydrazone groups is 1. The fourth-order valence-electron chi connectivity index (χ4n) is 4.11. The van der Waals surface area contributed by atoms with Crippen molar-refractivity contribution in [3.8, 4) is 0 Å². The number of non-ortho nitro benzene ring substituents is 1.